The van der Waals surface area contributed by atoms with Gasteiger partial charge >= 0.3 is 0 Å². The van der Waals surface area contributed by atoms with Crippen LogP contribution >= 0.6 is 0 Å². The quantitative estimate of drug-likeness (QED) is 0.878. The summed E-state index contributed by atoms with van der Waals surface area (Å²) < 4.78 is 1.68. The van der Waals surface area contributed by atoms with Crippen LogP contribution in [0, 0.1) is 0 Å². The maximum atomic E-state index is 12.6. The van der Waals surface area contributed by atoms with E-state index in [-0.39, 0.29) is 24.2 Å². The number of amides is 2. The van der Waals surface area contributed by atoms with E-state index < -0.39 is 0 Å². The Morgan fingerprint density at radius 3 is 2.75 bits per heavy atom. The standard InChI is InChI=1S/C16H18N6O2/c1-20(10-12-8-18-21(2)11-12)16(24)15-17-9-14(23)22(19-15)13-6-4-3-5-7-13/h3-8,11H,9-10H2,1-2H3,(H,17,19). The zero-order chi connectivity index (χ0) is 17.1. The molecule has 8 nitrogen and oxygen atoms in total. The number of rotatable bonds is 4. The van der Waals surface area contributed by atoms with Gasteiger partial charge in [0.1, 0.15) is 6.54 Å². The topological polar surface area (TPSA) is 82.8 Å². The van der Waals surface area contributed by atoms with Crippen LogP contribution in [0.2, 0.25) is 0 Å². The molecule has 0 fully saturated rings. The molecule has 24 heavy (non-hydrogen) atoms. The summed E-state index contributed by atoms with van der Waals surface area (Å²) in [6, 6.07) is 9.09. The molecule has 0 saturated carbocycles. The van der Waals surface area contributed by atoms with Gasteiger partial charge in [-0.1, -0.05) is 18.2 Å². The number of anilines is 1. The second-order valence-corrected chi connectivity index (χ2v) is 5.52. The predicted octanol–water partition coefficient (Wildman–Crippen LogP) is 0.328. The molecule has 2 amide bonds. The molecule has 124 valence electrons. The number of likely N-dealkylation sites (N-methyl/N-ethyl adjacent to an activating group) is 1. The number of carbonyl (C=O) groups excluding carboxylic acids is 2. The molecule has 3 rings (SSSR count). The Kier molecular flexibility index (Phi) is 4.28. The van der Waals surface area contributed by atoms with Crippen LogP contribution in [-0.2, 0) is 23.2 Å². The van der Waals surface area contributed by atoms with E-state index in [0.29, 0.717) is 12.2 Å². The fraction of sp³-hybridized carbons (Fsp3) is 0.250. The van der Waals surface area contributed by atoms with Crippen LogP contribution in [0.15, 0.2) is 47.7 Å². The van der Waals surface area contributed by atoms with Gasteiger partial charge in [0.15, 0.2) is 0 Å². The van der Waals surface area contributed by atoms with Crippen molar-refractivity contribution in [3.05, 3.63) is 48.3 Å². The maximum Gasteiger partial charge on any atom is 0.290 e. The number of nitrogens with one attached hydrogen (secondary N) is 1. The highest BCUT2D eigenvalue weighted by Crippen LogP contribution is 2.13. The smallest absolute Gasteiger partial charge is 0.290 e. The third-order valence-electron chi connectivity index (χ3n) is 3.58. The number of aromatic nitrogens is 2. The van der Waals surface area contributed by atoms with E-state index in [1.165, 1.54) is 9.91 Å². The SMILES string of the molecule is CN(Cc1cnn(C)c1)C(=O)C1=NCC(=O)N(c2ccccc2)N1. The van der Waals surface area contributed by atoms with Gasteiger partial charge in [-0.15, -0.1) is 0 Å². The first-order valence-corrected chi connectivity index (χ1v) is 7.46. The Morgan fingerprint density at radius 2 is 2.08 bits per heavy atom. The van der Waals surface area contributed by atoms with E-state index in [9.17, 15) is 9.59 Å². The van der Waals surface area contributed by atoms with Gasteiger partial charge < -0.3 is 4.90 Å². The summed E-state index contributed by atoms with van der Waals surface area (Å²) in [5.41, 5.74) is 4.39. The minimum atomic E-state index is -0.285. The third-order valence-corrected chi connectivity index (χ3v) is 3.58. The van der Waals surface area contributed by atoms with Crippen LogP contribution in [0.5, 0.6) is 0 Å². The number of aryl methyl sites for hydroxylation is 1. The minimum Gasteiger partial charge on any atom is -0.335 e. The number of hydrogen-bond donors (Lipinski definition) is 1. The first kappa shape index (κ1) is 15.7. The fourth-order valence-electron chi connectivity index (χ4n) is 2.40. The molecule has 0 radical (unpaired) electrons. The van der Waals surface area contributed by atoms with Gasteiger partial charge in [-0.3, -0.25) is 24.7 Å². The molecule has 0 saturated heterocycles. The number of hydrogen-bond acceptors (Lipinski definition) is 5. The summed E-state index contributed by atoms with van der Waals surface area (Å²) in [7, 11) is 3.50. The zero-order valence-corrected chi connectivity index (χ0v) is 13.5. The Bertz CT molecular complexity index is 783. The van der Waals surface area contributed by atoms with Crippen LogP contribution < -0.4 is 10.4 Å². The van der Waals surface area contributed by atoms with E-state index >= 15 is 0 Å². The number of benzene rings is 1. The van der Waals surface area contributed by atoms with Crippen molar-refractivity contribution in [2.45, 2.75) is 6.54 Å². The molecule has 1 aromatic carbocycles. The number of para-hydroxylation sites is 1. The molecule has 1 aliphatic rings. The molecule has 0 bridgehead atoms. The second kappa shape index (κ2) is 6.53. The summed E-state index contributed by atoms with van der Waals surface area (Å²) >= 11 is 0. The number of hydrazine groups is 1. The van der Waals surface area contributed by atoms with Crippen molar-refractivity contribution in [3.8, 4) is 0 Å². The van der Waals surface area contributed by atoms with Crippen molar-refractivity contribution in [3.63, 3.8) is 0 Å². The Balaban J connectivity index is 1.71. The van der Waals surface area contributed by atoms with Crippen LogP contribution in [0.4, 0.5) is 5.69 Å². The largest absolute Gasteiger partial charge is 0.335 e. The van der Waals surface area contributed by atoms with Crippen LogP contribution in [0.3, 0.4) is 0 Å². The summed E-state index contributed by atoms with van der Waals surface area (Å²) in [5.74, 6) is -0.357. The first-order chi connectivity index (χ1) is 11.5. The molecule has 0 unspecified atom stereocenters. The molecule has 1 aromatic heterocycles. The van der Waals surface area contributed by atoms with Crippen molar-refractivity contribution in [2.24, 2.45) is 12.0 Å². The van der Waals surface area contributed by atoms with Gasteiger partial charge in [-0.05, 0) is 12.1 Å². The fourth-order valence-corrected chi connectivity index (χ4v) is 2.40. The number of amidine groups is 1. The van der Waals surface area contributed by atoms with Crippen molar-refractivity contribution in [1.29, 1.82) is 0 Å². The normalized spacial score (nSPS) is 14.2. The molecule has 2 heterocycles. The zero-order valence-electron chi connectivity index (χ0n) is 13.5. The Morgan fingerprint density at radius 1 is 1.33 bits per heavy atom. The molecule has 1 aliphatic heterocycles. The predicted molar refractivity (Wildman–Crippen MR) is 89.0 cm³/mol. The molecule has 0 atom stereocenters. The lowest BCUT2D eigenvalue weighted by Crippen LogP contribution is -2.55. The van der Waals surface area contributed by atoms with Gasteiger partial charge in [-0.25, -0.2) is 5.01 Å². The van der Waals surface area contributed by atoms with Crippen molar-refractivity contribution >= 4 is 23.3 Å². The second-order valence-electron chi connectivity index (χ2n) is 5.52. The molecule has 8 heteroatoms. The maximum absolute atomic E-state index is 12.6. The summed E-state index contributed by atoms with van der Waals surface area (Å²) in [5, 5.41) is 5.43. The van der Waals surface area contributed by atoms with Gasteiger partial charge in [0.05, 0.1) is 11.9 Å². The van der Waals surface area contributed by atoms with Gasteiger partial charge in [-0.2, -0.15) is 5.10 Å². The highest BCUT2D eigenvalue weighted by atomic mass is 16.2. The average molecular weight is 326 g/mol. The van der Waals surface area contributed by atoms with E-state index in [4.69, 9.17) is 0 Å². The number of carbonyl (C=O) groups is 2. The summed E-state index contributed by atoms with van der Waals surface area (Å²) in [6.45, 7) is 0.344. The summed E-state index contributed by atoms with van der Waals surface area (Å²) in [6.07, 6.45) is 3.55. The van der Waals surface area contributed by atoms with Crippen LogP contribution in [0.1, 0.15) is 5.56 Å². The lowest BCUT2D eigenvalue weighted by Gasteiger charge is -2.29. The van der Waals surface area contributed by atoms with Crippen LogP contribution in [-0.4, -0.2) is 45.9 Å². The van der Waals surface area contributed by atoms with Gasteiger partial charge in [0.25, 0.3) is 11.8 Å². The lowest BCUT2D eigenvalue weighted by atomic mass is 10.3. The number of aliphatic imine (C=N–C) groups is 1. The van der Waals surface area contributed by atoms with E-state index in [1.54, 1.807) is 30.1 Å². The summed E-state index contributed by atoms with van der Waals surface area (Å²) in [4.78, 5) is 30.2. The van der Waals surface area contributed by atoms with Crippen molar-refractivity contribution < 1.29 is 9.59 Å². The highest BCUT2D eigenvalue weighted by molar-refractivity contribution is 6.39. The van der Waals surface area contributed by atoms with Gasteiger partial charge in [0, 0.05) is 32.4 Å². The van der Waals surface area contributed by atoms with Crippen molar-refractivity contribution in [1.82, 2.24) is 20.1 Å². The van der Waals surface area contributed by atoms with Crippen molar-refractivity contribution in [2.75, 3.05) is 18.6 Å². The Hall–Kier alpha value is -3.16. The highest BCUT2D eigenvalue weighted by Gasteiger charge is 2.27. The molecule has 1 N–H and O–H groups in total. The van der Waals surface area contributed by atoms with E-state index in [1.807, 2.05) is 31.4 Å². The Labute approximate surface area is 139 Å². The monoisotopic (exact) mass is 326 g/mol. The first-order valence-electron chi connectivity index (χ1n) is 7.46. The molecule has 0 aliphatic carbocycles. The number of nitrogens with zero attached hydrogens (tertiary/aromatic N) is 5. The molecule has 0 spiro atoms. The van der Waals surface area contributed by atoms with Crippen LogP contribution in [0.25, 0.3) is 0 Å². The molecular formula is C16H18N6O2. The van der Waals surface area contributed by atoms with Gasteiger partial charge in [0.2, 0.25) is 5.84 Å². The van der Waals surface area contributed by atoms with E-state index in [0.717, 1.165) is 5.56 Å². The average Bonchev–Trinajstić information content (AvgIpc) is 3.00. The lowest BCUT2D eigenvalue weighted by molar-refractivity contribution is -0.123. The third kappa shape index (κ3) is 3.27. The van der Waals surface area contributed by atoms with E-state index in [2.05, 4.69) is 15.5 Å². The molecule has 2 aromatic rings. The molecular weight excluding hydrogens is 308 g/mol. The minimum absolute atomic E-state index is 0.0658.